The number of fused-ring (bicyclic) bond motifs is 1. The summed E-state index contributed by atoms with van der Waals surface area (Å²) in [6.07, 6.45) is 9.15. The molecule has 3 nitrogen and oxygen atoms in total. The monoisotopic (exact) mass is 311 g/mol. The highest BCUT2D eigenvalue weighted by molar-refractivity contribution is 5.89. The Bertz CT molecular complexity index is 462. The van der Waals surface area contributed by atoms with Crippen molar-refractivity contribution in [1.82, 2.24) is 0 Å². The molecule has 0 saturated carbocycles. The molecule has 0 amide bonds. The lowest BCUT2D eigenvalue weighted by molar-refractivity contribution is 0.0697. The van der Waals surface area contributed by atoms with Crippen molar-refractivity contribution in [3.63, 3.8) is 0 Å². The maximum Gasteiger partial charge on any atom is 0.335 e. The van der Waals surface area contributed by atoms with Crippen molar-refractivity contribution in [2.75, 3.05) is 11.9 Å². The van der Waals surface area contributed by atoms with Crippen molar-refractivity contribution in [3.05, 3.63) is 29.3 Å². The van der Waals surface area contributed by atoms with Gasteiger partial charge in [0.2, 0.25) is 0 Å². The molecule has 1 aliphatic heterocycles. The molecule has 0 saturated heterocycles. The van der Waals surface area contributed by atoms with E-state index < -0.39 is 5.97 Å². The molecule has 21 heavy (non-hydrogen) atoms. The lowest BCUT2D eigenvalue weighted by atomic mass is 9.94. The molecule has 0 bridgehead atoms. The third-order valence-corrected chi connectivity index (χ3v) is 4.19. The van der Waals surface area contributed by atoms with Crippen LogP contribution in [-0.4, -0.2) is 17.6 Å². The molecule has 118 valence electrons. The van der Waals surface area contributed by atoms with Crippen molar-refractivity contribution < 1.29 is 9.90 Å². The maximum atomic E-state index is 11.0. The number of hydrogen-bond acceptors (Lipinski definition) is 2. The highest BCUT2D eigenvalue weighted by Crippen LogP contribution is 2.35. The van der Waals surface area contributed by atoms with Gasteiger partial charge in [-0.3, -0.25) is 0 Å². The first-order valence-electron chi connectivity index (χ1n) is 7.83. The second kappa shape index (κ2) is 8.93. The molecule has 0 fully saturated rings. The summed E-state index contributed by atoms with van der Waals surface area (Å²) in [4.78, 5) is 11.0. The summed E-state index contributed by atoms with van der Waals surface area (Å²) in [5, 5.41) is 12.3. The Kier molecular flexibility index (Phi) is 7.58. The number of benzene rings is 1. The van der Waals surface area contributed by atoms with Crippen LogP contribution < -0.4 is 5.32 Å². The molecule has 2 N–H and O–H groups in total. The smallest absolute Gasteiger partial charge is 0.335 e. The largest absolute Gasteiger partial charge is 0.478 e. The summed E-state index contributed by atoms with van der Waals surface area (Å²) >= 11 is 0. The van der Waals surface area contributed by atoms with Gasteiger partial charge in [0.15, 0.2) is 0 Å². The summed E-state index contributed by atoms with van der Waals surface area (Å²) in [7, 11) is 0. The standard InChI is InChI=1S/C17H25NO2.ClH/c1-2-3-4-5-6-7-8-14-12-18-16-11-13(17(19)20)9-10-15(14)16;/h9-11,14,18H,2-8,12H2,1H3,(H,19,20);1H. The zero-order valence-corrected chi connectivity index (χ0v) is 13.5. The van der Waals surface area contributed by atoms with Gasteiger partial charge in [-0.25, -0.2) is 4.79 Å². The molecule has 1 heterocycles. The van der Waals surface area contributed by atoms with Crippen LogP contribution in [0.2, 0.25) is 0 Å². The van der Waals surface area contributed by atoms with Gasteiger partial charge in [-0.05, 0) is 24.1 Å². The number of hydrogen-bond donors (Lipinski definition) is 2. The van der Waals surface area contributed by atoms with Gasteiger partial charge < -0.3 is 10.4 Å². The fourth-order valence-electron chi connectivity index (χ4n) is 2.97. The molecule has 4 heteroatoms. The van der Waals surface area contributed by atoms with E-state index in [4.69, 9.17) is 5.11 Å². The molecule has 0 radical (unpaired) electrons. The van der Waals surface area contributed by atoms with E-state index in [0.29, 0.717) is 11.5 Å². The Morgan fingerprint density at radius 1 is 1.24 bits per heavy atom. The van der Waals surface area contributed by atoms with Crippen molar-refractivity contribution in [3.8, 4) is 0 Å². The molecule has 1 aliphatic rings. The van der Waals surface area contributed by atoms with Crippen LogP contribution in [0.15, 0.2) is 18.2 Å². The minimum absolute atomic E-state index is 0. The number of anilines is 1. The van der Waals surface area contributed by atoms with Crippen LogP contribution in [0.4, 0.5) is 5.69 Å². The number of halogens is 1. The fraction of sp³-hybridized carbons (Fsp3) is 0.588. The van der Waals surface area contributed by atoms with Crippen molar-refractivity contribution in [2.24, 2.45) is 0 Å². The zero-order valence-electron chi connectivity index (χ0n) is 12.7. The van der Waals surface area contributed by atoms with Gasteiger partial charge in [-0.2, -0.15) is 0 Å². The molecular weight excluding hydrogens is 286 g/mol. The first-order valence-corrected chi connectivity index (χ1v) is 7.83. The number of unbranched alkanes of at least 4 members (excludes halogenated alkanes) is 5. The van der Waals surface area contributed by atoms with E-state index in [0.717, 1.165) is 12.2 Å². The van der Waals surface area contributed by atoms with E-state index in [9.17, 15) is 4.79 Å². The lowest BCUT2D eigenvalue weighted by Gasteiger charge is -2.10. The van der Waals surface area contributed by atoms with Gasteiger partial charge in [-0.15, -0.1) is 12.4 Å². The average Bonchev–Trinajstić information content (AvgIpc) is 2.85. The van der Waals surface area contributed by atoms with Crippen LogP contribution in [0.3, 0.4) is 0 Å². The predicted molar refractivity (Wildman–Crippen MR) is 89.9 cm³/mol. The Morgan fingerprint density at radius 2 is 1.95 bits per heavy atom. The first kappa shape index (κ1) is 17.8. The zero-order chi connectivity index (χ0) is 14.4. The molecule has 1 aromatic rings. The van der Waals surface area contributed by atoms with E-state index in [1.54, 1.807) is 12.1 Å². The topological polar surface area (TPSA) is 49.3 Å². The van der Waals surface area contributed by atoms with Gasteiger partial charge in [0, 0.05) is 18.2 Å². The number of carboxylic acids is 1. The van der Waals surface area contributed by atoms with E-state index in [2.05, 4.69) is 12.2 Å². The quantitative estimate of drug-likeness (QED) is 0.659. The number of aromatic carboxylic acids is 1. The normalized spacial score (nSPS) is 16.0. The van der Waals surface area contributed by atoms with Crippen molar-refractivity contribution in [2.45, 2.75) is 57.8 Å². The molecule has 0 aromatic heterocycles. The number of carbonyl (C=O) groups is 1. The van der Waals surface area contributed by atoms with Crippen molar-refractivity contribution >= 4 is 24.1 Å². The van der Waals surface area contributed by atoms with E-state index in [1.165, 1.54) is 50.5 Å². The molecule has 0 aliphatic carbocycles. The molecular formula is C17H26ClNO2. The molecule has 1 atom stereocenters. The molecule has 1 unspecified atom stereocenters. The van der Waals surface area contributed by atoms with Crippen molar-refractivity contribution in [1.29, 1.82) is 0 Å². The van der Waals surface area contributed by atoms with E-state index in [1.807, 2.05) is 6.07 Å². The van der Waals surface area contributed by atoms with Crippen LogP contribution >= 0.6 is 12.4 Å². The Morgan fingerprint density at radius 3 is 2.67 bits per heavy atom. The van der Waals surface area contributed by atoms with Gasteiger partial charge >= 0.3 is 5.97 Å². The minimum Gasteiger partial charge on any atom is -0.478 e. The fourth-order valence-corrected chi connectivity index (χ4v) is 2.97. The van der Waals surface area contributed by atoms with Crippen LogP contribution in [0, 0.1) is 0 Å². The summed E-state index contributed by atoms with van der Waals surface area (Å²) in [5.41, 5.74) is 2.68. The Balaban J connectivity index is 0.00000220. The van der Waals surface area contributed by atoms with Crippen LogP contribution in [0.25, 0.3) is 0 Å². The minimum atomic E-state index is -0.853. The van der Waals surface area contributed by atoms with Gasteiger partial charge in [0.25, 0.3) is 0 Å². The summed E-state index contributed by atoms with van der Waals surface area (Å²) in [6.45, 7) is 3.19. The van der Waals surface area contributed by atoms with Gasteiger partial charge in [-0.1, -0.05) is 51.5 Å². The third kappa shape index (κ3) is 4.92. The number of nitrogens with one attached hydrogen (secondary N) is 1. The second-order valence-corrected chi connectivity index (χ2v) is 5.74. The lowest BCUT2D eigenvalue weighted by Crippen LogP contribution is -2.01. The highest BCUT2D eigenvalue weighted by atomic mass is 35.5. The molecule has 0 spiro atoms. The predicted octanol–water partition coefficient (Wildman–Crippen LogP) is 5.07. The second-order valence-electron chi connectivity index (χ2n) is 5.74. The maximum absolute atomic E-state index is 11.0. The number of carboxylic acid groups (broad SMARTS) is 1. The van der Waals surface area contributed by atoms with Crippen LogP contribution in [-0.2, 0) is 0 Å². The van der Waals surface area contributed by atoms with Gasteiger partial charge in [0.1, 0.15) is 0 Å². The SMILES string of the molecule is CCCCCCCCC1CNc2cc(C(=O)O)ccc21.Cl. The first-order chi connectivity index (χ1) is 9.72. The van der Waals surface area contributed by atoms with Crippen LogP contribution in [0.5, 0.6) is 0 Å². The third-order valence-electron chi connectivity index (χ3n) is 4.19. The summed E-state index contributed by atoms with van der Waals surface area (Å²) in [5.74, 6) is -0.298. The Hall–Kier alpha value is -1.22. The summed E-state index contributed by atoms with van der Waals surface area (Å²) < 4.78 is 0. The van der Waals surface area contributed by atoms with E-state index in [-0.39, 0.29) is 12.4 Å². The highest BCUT2D eigenvalue weighted by Gasteiger charge is 2.22. The molecule has 1 aromatic carbocycles. The van der Waals surface area contributed by atoms with Crippen LogP contribution in [0.1, 0.15) is 73.7 Å². The Labute approximate surface area is 133 Å². The van der Waals surface area contributed by atoms with Gasteiger partial charge in [0.05, 0.1) is 5.56 Å². The summed E-state index contributed by atoms with van der Waals surface area (Å²) in [6, 6.07) is 5.47. The van der Waals surface area contributed by atoms with E-state index >= 15 is 0 Å². The molecule has 2 rings (SSSR count). The average molecular weight is 312 g/mol. The number of rotatable bonds is 8.